The van der Waals surface area contributed by atoms with Crippen molar-refractivity contribution in [1.82, 2.24) is 9.80 Å². The van der Waals surface area contributed by atoms with Crippen LogP contribution in [-0.2, 0) is 13.0 Å². The minimum atomic E-state index is 0.496. The number of ether oxygens (including phenoxy) is 2. The SMILES string of the molecule is COc1ccc(C[C@@H](C)N2CCN(Cc3ccccc3)CC2)c(OC)c1. The first-order valence-corrected chi connectivity index (χ1v) is 9.41. The van der Waals surface area contributed by atoms with Gasteiger partial charge in [0.2, 0.25) is 0 Å². The summed E-state index contributed by atoms with van der Waals surface area (Å²) >= 11 is 0. The second-order valence-electron chi connectivity index (χ2n) is 7.03. The second-order valence-corrected chi connectivity index (χ2v) is 7.03. The normalized spacial score (nSPS) is 17.0. The van der Waals surface area contributed by atoms with E-state index in [9.17, 15) is 0 Å². The molecule has 1 heterocycles. The molecule has 2 aromatic carbocycles. The van der Waals surface area contributed by atoms with Gasteiger partial charge < -0.3 is 9.47 Å². The molecule has 1 atom stereocenters. The maximum atomic E-state index is 5.55. The minimum absolute atomic E-state index is 0.496. The maximum absolute atomic E-state index is 5.55. The molecule has 1 fully saturated rings. The zero-order valence-corrected chi connectivity index (χ0v) is 16.1. The highest BCUT2D eigenvalue weighted by atomic mass is 16.5. The number of hydrogen-bond donors (Lipinski definition) is 0. The number of methoxy groups -OCH3 is 2. The van der Waals surface area contributed by atoms with Crippen LogP contribution in [0.15, 0.2) is 48.5 Å². The maximum Gasteiger partial charge on any atom is 0.125 e. The molecule has 4 nitrogen and oxygen atoms in total. The van der Waals surface area contributed by atoms with Gasteiger partial charge in [-0.1, -0.05) is 36.4 Å². The van der Waals surface area contributed by atoms with E-state index in [1.165, 1.54) is 11.1 Å². The fourth-order valence-electron chi connectivity index (χ4n) is 3.67. The van der Waals surface area contributed by atoms with Crippen LogP contribution >= 0.6 is 0 Å². The molecule has 1 aliphatic rings. The Morgan fingerprint density at radius 2 is 1.65 bits per heavy atom. The van der Waals surface area contributed by atoms with Crippen LogP contribution in [-0.4, -0.2) is 56.2 Å². The fourth-order valence-corrected chi connectivity index (χ4v) is 3.67. The lowest BCUT2D eigenvalue weighted by atomic mass is 10.0. The Hall–Kier alpha value is -2.04. The van der Waals surface area contributed by atoms with Crippen LogP contribution in [0.25, 0.3) is 0 Å². The third-order valence-corrected chi connectivity index (χ3v) is 5.29. The number of piperazine rings is 1. The van der Waals surface area contributed by atoms with E-state index < -0.39 is 0 Å². The molecule has 0 aromatic heterocycles. The van der Waals surface area contributed by atoms with E-state index in [1.807, 2.05) is 12.1 Å². The molecule has 1 aliphatic heterocycles. The number of nitrogens with zero attached hydrogens (tertiary/aromatic N) is 2. The Balaban J connectivity index is 1.53. The molecule has 4 heteroatoms. The monoisotopic (exact) mass is 354 g/mol. The van der Waals surface area contributed by atoms with Crippen molar-refractivity contribution in [3.63, 3.8) is 0 Å². The predicted octanol–water partition coefficient (Wildman–Crippen LogP) is 3.45. The largest absolute Gasteiger partial charge is 0.497 e. The van der Waals surface area contributed by atoms with Gasteiger partial charge in [-0.3, -0.25) is 9.80 Å². The van der Waals surface area contributed by atoms with Crippen molar-refractivity contribution >= 4 is 0 Å². The van der Waals surface area contributed by atoms with E-state index in [0.29, 0.717) is 6.04 Å². The first-order valence-electron chi connectivity index (χ1n) is 9.41. The summed E-state index contributed by atoms with van der Waals surface area (Å²) < 4.78 is 10.9. The molecule has 2 aromatic rings. The Labute approximate surface area is 157 Å². The molecule has 0 unspecified atom stereocenters. The van der Waals surface area contributed by atoms with Crippen LogP contribution in [0, 0.1) is 0 Å². The molecule has 1 saturated heterocycles. The molecule has 0 spiro atoms. The van der Waals surface area contributed by atoms with Gasteiger partial charge in [-0.15, -0.1) is 0 Å². The van der Waals surface area contributed by atoms with E-state index in [2.05, 4.69) is 53.1 Å². The average Bonchev–Trinajstić information content (AvgIpc) is 2.69. The summed E-state index contributed by atoms with van der Waals surface area (Å²) in [6, 6.07) is 17.4. The molecule has 0 radical (unpaired) electrons. The van der Waals surface area contributed by atoms with Gasteiger partial charge in [0.25, 0.3) is 0 Å². The molecule has 3 rings (SSSR count). The average molecular weight is 354 g/mol. The van der Waals surface area contributed by atoms with Crippen molar-refractivity contribution in [2.75, 3.05) is 40.4 Å². The summed E-state index contributed by atoms with van der Waals surface area (Å²) in [5.41, 5.74) is 2.64. The molecule has 26 heavy (non-hydrogen) atoms. The van der Waals surface area contributed by atoms with E-state index in [1.54, 1.807) is 14.2 Å². The Kier molecular flexibility index (Phi) is 6.53. The summed E-state index contributed by atoms with van der Waals surface area (Å²) in [4.78, 5) is 5.14. The van der Waals surface area contributed by atoms with Gasteiger partial charge in [0.05, 0.1) is 14.2 Å². The van der Waals surface area contributed by atoms with Crippen LogP contribution in [0.1, 0.15) is 18.1 Å². The van der Waals surface area contributed by atoms with Crippen LogP contribution in [0.3, 0.4) is 0 Å². The Morgan fingerprint density at radius 1 is 0.923 bits per heavy atom. The first kappa shape index (κ1) is 18.7. The standard InChI is InChI=1S/C22H30N2O2/c1-18(15-20-9-10-21(25-2)16-22(20)26-3)24-13-11-23(12-14-24)17-19-7-5-4-6-8-19/h4-10,16,18H,11-15,17H2,1-3H3/t18-/m1/s1. The predicted molar refractivity (Wildman–Crippen MR) is 106 cm³/mol. The topological polar surface area (TPSA) is 24.9 Å². The van der Waals surface area contributed by atoms with Gasteiger partial charge in [0, 0.05) is 44.8 Å². The number of benzene rings is 2. The molecule has 0 N–H and O–H groups in total. The Bertz CT molecular complexity index is 682. The first-order chi connectivity index (χ1) is 12.7. The van der Waals surface area contributed by atoms with Crippen molar-refractivity contribution < 1.29 is 9.47 Å². The van der Waals surface area contributed by atoms with Gasteiger partial charge in [0.1, 0.15) is 11.5 Å². The summed E-state index contributed by atoms with van der Waals surface area (Å²) in [7, 11) is 3.41. The zero-order chi connectivity index (χ0) is 18.4. The van der Waals surface area contributed by atoms with Gasteiger partial charge >= 0.3 is 0 Å². The van der Waals surface area contributed by atoms with E-state index in [-0.39, 0.29) is 0 Å². The molecular formula is C22H30N2O2. The third kappa shape index (κ3) is 4.77. The zero-order valence-electron chi connectivity index (χ0n) is 16.1. The molecule has 0 aliphatic carbocycles. The summed E-state index contributed by atoms with van der Waals surface area (Å²) in [5, 5.41) is 0. The lowest BCUT2D eigenvalue weighted by Crippen LogP contribution is -2.49. The van der Waals surface area contributed by atoms with Crippen molar-refractivity contribution in [2.45, 2.75) is 25.9 Å². The highest BCUT2D eigenvalue weighted by Crippen LogP contribution is 2.26. The number of rotatable bonds is 7. The highest BCUT2D eigenvalue weighted by Gasteiger charge is 2.22. The van der Waals surface area contributed by atoms with Crippen LogP contribution in [0.2, 0.25) is 0 Å². The van der Waals surface area contributed by atoms with Crippen molar-refractivity contribution in [3.8, 4) is 11.5 Å². The highest BCUT2D eigenvalue weighted by molar-refractivity contribution is 5.41. The van der Waals surface area contributed by atoms with Gasteiger partial charge in [-0.25, -0.2) is 0 Å². The van der Waals surface area contributed by atoms with Crippen LogP contribution in [0.4, 0.5) is 0 Å². The lowest BCUT2D eigenvalue weighted by Gasteiger charge is -2.38. The quantitative estimate of drug-likeness (QED) is 0.760. The van der Waals surface area contributed by atoms with Gasteiger partial charge in [-0.05, 0) is 30.5 Å². The second kappa shape index (κ2) is 9.06. The molecule has 0 amide bonds. The fraction of sp³-hybridized carbons (Fsp3) is 0.455. The van der Waals surface area contributed by atoms with Gasteiger partial charge in [-0.2, -0.15) is 0 Å². The molecule has 140 valence electrons. The van der Waals surface area contributed by atoms with Crippen molar-refractivity contribution in [3.05, 3.63) is 59.7 Å². The number of hydrogen-bond acceptors (Lipinski definition) is 4. The summed E-state index contributed by atoms with van der Waals surface area (Å²) in [6.45, 7) is 7.85. The van der Waals surface area contributed by atoms with E-state index in [4.69, 9.17) is 9.47 Å². The lowest BCUT2D eigenvalue weighted by molar-refractivity contribution is 0.0975. The Morgan fingerprint density at radius 3 is 2.31 bits per heavy atom. The van der Waals surface area contributed by atoms with Crippen molar-refractivity contribution in [1.29, 1.82) is 0 Å². The summed E-state index contributed by atoms with van der Waals surface area (Å²) in [6.07, 6.45) is 0.992. The molecular weight excluding hydrogens is 324 g/mol. The van der Waals surface area contributed by atoms with Crippen LogP contribution < -0.4 is 9.47 Å². The third-order valence-electron chi connectivity index (χ3n) is 5.29. The molecule has 0 saturated carbocycles. The van der Waals surface area contributed by atoms with Gasteiger partial charge in [0.15, 0.2) is 0 Å². The molecule has 0 bridgehead atoms. The smallest absolute Gasteiger partial charge is 0.125 e. The van der Waals surface area contributed by atoms with Crippen molar-refractivity contribution in [2.24, 2.45) is 0 Å². The van der Waals surface area contributed by atoms with E-state index in [0.717, 1.165) is 50.6 Å². The van der Waals surface area contributed by atoms with Crippen LogP contribution in [0.5, 0.6) is 11.5 Å². The van der Waals surface area contributed by atoms with E-state index >= 15 is 0 Å². The minimum Gasteiger partial charge on any atom is -0.497 e. The summed E-state index contributed by atoms with van der Waals surface area (Å²) in [5.74, 6) is 1.76.